The summed E-state index contributed by atoms with van der Waals surface area (Å²) in [5.41, 5.74) is 0. The Hall–Kier alpha value is -0.340. The zero-order valence-electron chi connectivity index (χ0n) is 12.5. The summed E-state index contributed by atoms with van der Waals surface area (Å²) in [7, 11) is 3.52. The normalized spacial score (nSPS) is 12.7. The Labute approximate surface area is 143 Å². The van der Waals surface area contributed by atoms with Crippen molar-refractivity contribution in [2.75, 3.05) is 33.9 Å². The number of nitrogens with zero attached hydrogens (tertiary/aromatic N) is 1. The molecule has 0 bridgehead atoms. The number of guanidine groups is 1. The van der Waals surface area contributed by atoms with Gasteiger partial charge in [-0.1, -0.05) is 13.0 Å². The van der Waals surface area contributed by atoms with Gasteiger partial charge in [-0.2, -0.15) is 0 Å². The van der Waals surface area contributed by atoms with Gasteiger partial charge in [-0.05, 0) is 30.2 Å². The first-order valence-corrected chi connectivity index (χ1v) is 7.60. The fraction of sp³-hybridized carbons (Fsp3) is 0.643. The lowest BCUT2D eigenvalue weighted by atomic mass is 10.1. The van der Waals surface area contributed by atoms with E-state index < -0.39 is 0 Å². The van der Waals surface area contributed by atoms with Gasteiger partial charge in [0, 0.05) is 38.7 Å². The zero-order valence-corrected chi connectivity index (χ0v) is 15.7. The topological polar surface area (TPSA) is 45.7 Å². The number of rotatable bonds is 8. The molecular formula is C14H26IN3OS. The van der Waals surface area contributed by atoms with Crippen molar-refractivity contribution in [1.82, 2.24) is 10.6 Å². The molecule has 116 valence electrons. The summed E-state index contributed by atoms with van der Waals surface area (Å²) >= 11 is 1.82. The maximum atomic E-state index is 5.02. The van der Waals surface area contributed by atoms with Crippen molar-refractivity contribution in [2.24, 2.45) is 10.9 Å². The minimum absolute atomic E-state index is 0. The molecule has 1 aromatic rings. The maximum Gasteiger partial charge on any atom is 0.190 e. The van der Waals surface area contributed by atoms with E-state index in [1.54, 1.807) is 14.2 Å². The average Bonchev–Trinajstić information content (AvgIpc) is 2.91. The third-order valence-corrected chi connectivity index (χ3v) is 3.69. The largest absolute Gasteiger partial charge is 0.385 e. The minimum Gasteiger partial charge on any atom is -0.385 e. The number of halogens is 1. The number of hydrogen-bond donors (Lipinski definition) is 2. The molecule has 1 heterocycles. The molecule has 0 saturated carbocycles. The van der Waals surface area contributed by atoms with Gasteiger partial charge in [-0.25, -0.2) is 0 Å². The van der Waals surface area contributed by atoms with E-state index in [4.69, 9.17) is 4.74 Å². The molecule has 0 aromatic carbocycles. The van der Waals surface area contributed by atoms with Crippen LogP contribution in [0.15, 0.2) is 22.5 Å². The molecule has 0 aliphatic rings. The van der Waals surface area contributed by atoms with E-state index >= 15 is 0 Å². The number of methoxy groups -OCH3 is 1. The fourth-order valence-corrected chi connectivity index (χ4v) is 2.63. The number of aliphatic imine (C=N–C) groups is 1. The highest BCUT2D eigenvalue weighted by Crippen LogP contribution is 2.13. The Morgan fingerprint density at radius 2 is 2.25 bits per heavy atom. The van der Waals surface area contributed by atoms with Crippen LogP contribution in [-0.4, -0.2) is 39.8 Å². The molecule has 0 saturated heterocycles. The molecule has 1 unspecified atom stereocenters. The molecule has 2 N–H and O–H groups in total. The lowest BCUT2D eigenvalue weighted by molar-refractivity contribution is 0.195. The highest BCUT2D eigenvalue weighted by molar-refractivity contribution is 14.0. The van der Waals surface area contributed by atoms with E-state index in [-0.39, 0.29) is 24.0 Å². The van der Waals surface area contributed by atoms with Crippen molar-refractivity contribution in [2.45, 2.75) is 19.8 Å². The molecule has 0 fully saturated rings. The quantitative estimate of drug-likeness (QED) is 0.299. The minimum atomic E-state index is 0. The molecule has 1 rings (SSSR count). The predicted molar refractivity (Wildman–Crippen MR) is 98.5 cm³/mol. The van der Waals surface area contributed by atoms with Crippen LogP contribution in [0.25, 0.3) is 0 Å². The summed E-state index contributed by atoms with van der Waals surface area (Å²) in [4.78, 5) is 5.65. The second kappa shape index (κ2) is 12.4. The SMILES string of the molecule is CN=C(NCCCOC)NCC(C)Cc1cccs1.I. The molecule has 4 nitrogen and oxygen atoms in total. The molecule has 6 heteroatoms. The van der Waals surface area contributed by atoms with E-state index in [0.29, 0.717) is 5.92 Å². The molecule has 1 aromatic heterocycles. The van der Waals surface area contributed by atoms with Crippen molar-refractivity contribution in [3.05, 3.63) is 22.4 Å². The molecule has 0 amide bonds. The van der Waals surface area contributed by atoms with Gasteiger partial charge in [0.15, 0.2) is 5.96 Å². The van der Waals surface area contributed by atoms with E-state index in [1.807, 2.05) is 11.3 Å². The van der Waals surface area contributed by atoms with E-state index in [9.17, 15) is 0 Å². The molecule has 20 heavy (non-hydrogen) atoms. The van der Waals surface area contributed by atoms with Crippen LogP contribution >= 0.6 is 35.3 Å². The standard InChI is InChI=1S/C14H25N3OS.HI/c1-12(10-13-6-4-9-19-13)11-17-14(15-2)16-7-5-8-18-3;/h4,6,9,12H,5,7-8,10-11H2,1-3H3,(H2,15,16,17);1H. The predicted octanol–water partition coefficient (Wildman–Crippen LogP) is 2.75. The smallest absolute Gasteiger partial charge is 0.190 e. The van der Waals surface area contributed by atoms with Crippen molar-refractivity contribution < 1.29 is 4.74 Å². The lowest BCUT2D eigenvalue weighted by Crippen LogP contribution is -2.40. The van der Waals surface area contributed by atoms with Gasteiger partial charge in [-0.3, -0.25) is 4.99 Å². The van der Waals surface area contributed by atoms with Crippen LogP contribution in [-0.2, 0) is 11.2 Å². The molecular weight excluding hydrogens is 385 g/mol. The third-order valence-electron chi connectivity index (χ3n) is 2.79. The Balaban J connectivity index is 0.00000361. The summed E-state index contributed by atoms with van der Waals surface area (Å²) in [5.74, 6) is 1.46. The van der Waals surface area contributed by atoms with Gasteiger partial charge < -0.3 is 15.4 Å². The van der Waals surface area contributed by atoms with Crippen LogP contribution in [0.1, 0.15) is 18.2 Å². The zero-order chi connectivity index (χ0) is 13.9. The molecule has 0 aliphatic carbocycles. The van der Waals surface area contributed by atoms with Gasteiger partial charge in [0.25, 0.3) is 0 Å². The third kappa shape index (κ3) is 8.76. The highest BCUT2D eigenvalue weighted by atomic mass is 127. The number of hydrogen-bond acceptors (Lipinski definition) is 3. The fourth-order valence-electron chi connectivity index (χ4n) is 1.76. The van der Waals surface area contributed by atoms with E-state index in [1.165, 1.54) is 4.88 Å². The highest BCUT2D eigenvalue weighted by Gasteiger charge is 2.05. The van der Waals surface area contributed by atoms with Crippen LogP contribution in [0.4, 0.5) is 0 Å². The summed E-state index contributed by atoms with van der Waals surface area (Å²) in [6, 6.07) is 4.30. The average molecular weight is 411 g/mol. The Morgan fingerprint density at radius 3 is 2.85 bits per heavy atom. The first-order chi connectivity index (χ1) is 9.26. The molecule has 0 radical (unpaired) electrons. The van der Waals surface area contributed by atoms with E-state index in [2.05, 4.69) is 40.1 Å². The first-order valence-electron chi connectivity index (χ1n) is 6.72. The van der Waals surface area contributed by atoms with Gasteiger partial charge in [0.2, 0.25) is 0 Å². The second-order valence-corrected chi connectivity index (χ2v) is 5.65. The Morgan fingerprint density at radius 1 is 1.45 bits per heavy atom. The number of nitrogens with one attached hydrogen (secondary N) is 2. The van der Waals surface area contributed by atoms with Gasteiger partial charge in [0.05, 0.1) is 0 Å². The van der Waals surface area contributed by atoms with Gasteiger partial charge in [-0.15, -0.1) is 35.3 Å². The number of thiophene rings is 1. The number of ether oxygens (including phenoxy) is 1. The van der Waals surface area contributed by atoms with Crippen LogP contribution < -0.4 is 10.6 Å². The summed E-state index contributed by atoms with van der Waals surface area (Å²) in [6.45, 7) is 4.85. The second-order valence-electron chi connectivity index (χ2n) is 4.61. The van der Waals surface area contributed by atoms with Crippen LogP contribution in [0, 0.1) is 5.92 Å². The van der Waals surface area contributed by atoms with Crippen LogP contribution in [0.3, 0.4) is 0 Å². The Kier molecular flexibility index (Phi) is 12.2. The monoisotopic (exact) mass is 411 g/mol. The molecule has 0 aliphatic heterocycles. The van der Waals surface area contributed by atoms with Crippen LogP contribution in [0.2, 0.25) is 0 Å². The van der Waals surface area contributed by atoms with Crippen molar-refractivity contribution in [1.29, 1.82) is 0 Å². The molecule has 1 atom stereocenters. The van der Waals surface area contributed by atoms with Gasteiger partial charge >= 0.3 is 0 Å². The van der Waals surface area contributed by atoms with E-state index in [0.717, 1.165) is 38.5 Å². The van der Waals surface area contributed by atoms with Gasteiger partial charge in [0.1, 0.15) is 0 Å². The van der Waals surface area contributed by atoms with Crippen LogP contribution in [0.5, 0.6) is 0 Å². The van der Waals surface area contributed by atoms with Crippen molar-refractivity contribution in [3.8, 4) is 0 Å². The summed E-state index contributed by atoms with van der Waals surface area (Å²) < 4.78 is 5.02. The molecule has 0 spiro atoms. The lowest BCUT2D eigenvalue weighted by Gasteiger charge is -2.15. The van der Waals surface area contributed by atoms with Crippen molar-refractivity contribution >= 4 is 41.3 Å². The first kappa shape index (κ1) is 19.7. The maximum absolute atomic E-state index is 5.02. The summed E-state index contributed by atoms with van der Waals surface area (Å²) in [6.07, 6.45) is 2.10. The Bertz CT molecular complexity index is 357. The van der Waals surface area contributed by atoms with Crippen molar-refractivity contribution in [3.63, 3.8) is 0 Å². The summed E-state index contributed by atoms with van der Waals surface area (Å²) in [5, 5.41) is 8.77.